The van der Waals surface area contributed by atoms with Crippen LogP contribution in [0.4, 0.5) is 52.7 Å². The molecule has 1 atom stereocenters. The molecule has 0 aliphatic heterocycles. The molecule has 0 fully saturated rings. The largest absolute Gasteiger partial charge is 0.416 e. The van der Waals surface area contributed by atoms with Gasteiger partial charge in [-0.3, -0.25) is 4.79 Å². The highest BCUT2D eigenvalue weighted by atomic mass is 32.2. The van der Waals surface area contributed by atoms with Gasteiger partial charge in [0, 0.05) is 11.1 Å². The Morgan fingerprint density at radius 2 is 0.790 bits per heavy atom. The number of aryl methyl sites for hydroxylation is 1. The highest BCUT2D eigenvalue weighted by molar-refractivity contribution is 8.07. The number of benzene rings is 6. The van der Waals surface area contributed by atoms with Crippen molar-refractivity contribution in [2.75, 3.05) is 12.0 Å². The second-order valence-electron chi connectivity index (χ2n) is 14.4. The number of halogens is 12. The molecule has 6 aromatic rings. The van der Waals surface area contributed by atoms with Crippen molar-refractivity contribution in [1.29, 1.82) is 0 Å². The monoisotopic (exact) mass is 888 g/mol. The molecule has 0 aliphatic carbocycles. The molecule has 0 bridgehead atoms. The Kier molecular flexibility index (Phi) is 13.7. The summed E-state index contributed by atoms with van der Waals surface area (Å²) in [5.41, 5.74) is -1.82. The molecule has 0 N–H and O–H groups in total. The predicted octanol–water partition coefficient (Wildman–Crippen LogP) is 10.5. The van der Waals surface area contributed by atoms with E-state index >= 15 is 0 Å². The average molecular weight is 889 g/mol. The molecule has 6 aromatic carbocycles. The Labute approximate surface area is 350 Å². The Balaban J connectivity index is 0.000000290. The maximum Gasteiger partial charge on any atom is 0.416 e. The first kappa shape index (κ1) is 47.0. The zero-order valence-corrected chi connectivity index (χ0v) is 33.3. The van der Waals surface area contributed by atoms with Gasteiger partial charge in [-0.05, 0) is 25.0 Å². The SMILES string of the molecule is Cc1ccc(C(=O)C[S+](C)(=O)C#Cc2ccccc2)cc1.FC(F)(F)c1ccc([B-](c2ccc(C(F)(F)F)cc2)(c2ccc(C(F)(F)F)cc2)c2ccc(C(F)(F)F)cc2)cc1. The maximum absolute atomic E-state index is 13.3. The lowest BCUT2D eigenvalue weighted by atomic mass is 9.13. The number of ketones is 1. The molecule has 0 spiro atoms. The Hall–Kier alpha value is -6.08. The Morgan fingerprint density at radius 1 is 0.484 bits per heavy atom. The second kappa shape index (κ2) is 18.1. The molecular formula is C46H33BF12O2S. The van der Waals surface area contributed by atoms with E-state index in [0.717, 1.165) is 59.7 Å². The molecule has 16 heteroatoms. The first-order valence-electron chi connectivity index (χ1n) is 18.3. The standard InChI is InChI=1S/C28H16BF12.C18H17O2S/c30-25(31,32)17-1-9-21(10-2-17)29(22-11-3-18(4-12-22)26(33,34)35,23-13-5-19(6-14-23)27(36,37)38)24-15-7-20(8-16-24)28(39,40)41;1-15-8-10-17(11-9-15)18(19)14-21(2,20)13-12-16-6-4-3-5-7-16/h1-16H;3-11H,14H2,1-2H3/q-1;+1. The summed E-state index contributed by atoms with van der Waals surface area (Å²) < 4.78 is 172. The first-order valence-corrected chi connectivity index (χ1v) is 20.5. The Morgan fingerprint density at radius 3 is 1.08 bits per heavy atom. The van der Waals surface area contributed by atoms with Crippen molar-refractivity contribution in [2.24, 2.45) is 0 Å². The van der Waals surface area contributed by atoms with E-state index in [1.54, 1.807) is 12.1 Å². The van der Waals surface area contributed by atoms with Crippen LogP contribution >= 0.6 is 0 Å². The van der Waals surface area contributed by atoms with Crippen LogP contribution in [0.25, 0.3) is 0 Å². The van der Waals surface area contributed by atoms with Crippen molar-refractivity contribution in [1.82, 2.24) is 0 Å². The van der Waals surface area contributed by atoms with Crippen molar-refractivity contribution in [3.63, 3.8) is 0 Å². The van der Waals surface area contributed by atoms with Crippen LogP contribution in [0.2, 0.25) is 0 Å². The summed E-state index contributed by atoms with van der Waals surface area (Å²) in [7, 11) is -2.50. The minimum Gasteiger partial charge on any atom is -0.289 e. The Bertz CT molecular complexity index is 2330. The number of carbonyl (C=O) groups is 1. The lowest BCUT2D eigenvalue weighted by Gasteiger charge is -2.44. The summed E-state index contributed by atoms with van der Waals surface area (Å²) in [5.74, 6) is 2.69. The molecule has 0 heterocycles. The molecule has 1 unspecified atom stereocenters. The summed E-state index contributed by atoms with van der Waals surface area (Å²) in [5, 5.41) is 2.74. The number of alkyl halides is 12. The van der Waals surface area contributed by atoms with Gasteiger partial charge < -0.3 is 0 Å². The summed E-state index contributed by atoms with van der Waals surface area (Å²) in [6.07, 6.45) is -20.5. The van der Waals surface area contributed by atoms with E-state index in [1.807, 2.05) is 49.4 Å². The molecule has 62 heavy (non-hydrogen) atoms. The van der Waals surface area contributed by atoms with Gasteiger partial charge in [-0.1, -0.05) is 149 Å². The van der Waals surface area contributed by atoms with E-state index < -0.39 is 63.0 Å². The smallest absolute Gasteiger partial charge is 0.289 e. The number of carbonyl (C=O) groups excluding carboxylic acids is 1. The first-order chi connectivity index (χ1) is 28.8. The third-order valence-corrected chi connectivity index (χ3v) is 11.3. The van der Waals surface area contributed by atoms with Crippen LogP contribution in [0, 0.1) is 18.1 Å². The zero-order chi connectivity index (χ0) is 45.7. The molecule has 0 radical (unpaired) electrons. The van der Waals surface area contributed by atoms with Gasteiger partial charge in [0.1, 0.15) is 12.4 Å². The second-order valence-corrected chi connectivity index (χ2v) is 16.9. The number of Topliss-reactive ketones (excluding diaryl/α,β-unsaturated/α-hetero) is 1. The van der Waals surface area contributed by atoms with Gasteiger partial charge in [0.05, 0.1) is 22.3 Å². The van der Waals surface area contributed by atoms with E-state index in [1.165, 1.54) is 6.26 Å². The summed E-state index contributed by atoms with van der Waals surface area (Å²) in [6, 6.07) is 30.2. The zero-order valence-electron chi connectivity index (χ0n) is 32.5. The number of rotatable bonds is 7. The van der Waals surface area contributed by atoms with Crippen LogP contribution in [-0.2, 0) is 38.8 Å². The molecule has 322 valence electrons. The maximum atomic E-state index is 13.3. The minimum absolute atomic E-state index is 0.0114. The van der Waals surface area contributed by atoms with Crippen LogP contribution in [0.3, 0.4) is 0 Å². The predicted molar refractivity (Wildman–Crippen MR) is 218 cm³/mol. The van der Waals surface area contributed by atoms with Gasteiger partial charge >= 0.3 is 24.7 Å². The van der Waals surface area contributed by atoms with Gasteiger partial charge in [0.25, 0.3) is 0 Å². The minimum atomic E-state index is -4.77. The summed E-state index contributed by atoms with van der Waals surface area (Å²) in [6.45, 7) is 1.96. The van der Waals surface area contributed by atoms with Gasteiger partial charge in [0.2, 0.25) is 5.78 Å². The van der Waals surface area contributed by atoms with Crippen LogP contribution in [-0.4, -0.2) is 23.9 Å². The normalized spacial score (nSPS) is 13.2. The van der Waals surface area contributed by atoms with Crippen molar-refractivity contribution in [3.8, 4) is 11.2 Å². The number of hydrogen-bond donors (Lipinski definition) is 0. The molecule has 0 amide bonds. The van der Waals surface area contributed by atoms with Crippen LogP contribution in [0.15, 0.2) is 152 Å². The van der Waals surface area contributed by atoms with Crippen LogP contribution in [0.5, 0.6) is 0 Å². The molecule has 6 rings (SSSR count). The van der Waals surface area contributed by atoms with Gasteiger partial charge in [-0.15, -0.1) is 0 Å². The van der Waals surface area contributed by atoms with Crippen molar-refractivity contribution >= 4 is 43.7 Å². The molecule has 0 aliphatic rings. The lowest BCUT2D eigenvalue weighted by molar-refractivity contribution is -0.138. The topological polar surface area (TPSA) is 34.1 Å². The fraction of sp³-hybridized carbons (Fsp3) is 0.152. The highest BCUT2D eigenvalue weighted by Gasteiger charge is 2.38. The fourth-order valence-corrected chi connectivity index (χ4v) is 7.87. The van der Waals surface area contributed by atoms with E-state index in [-0.39, 0.29) is 33.4 Å². The molecule has 0 saturated carbocycles. The van der Waals surface area contributed by atoms with Crippen LogP contribution < -0.4 is 21.9 Å². The summed E-state index contributed by atoms with van der Waals surface area (Å²) >= 11 is 0. The van der Waals surface area contributed by atoms with Gasteiger partial charge in [-0.2, -0.15) is 74.5 Å². The van der Waals surface area contributed by atoms with E-state index in [9.17, 15) is 61.7 Å². The lowest BCUT2D eigenvalue weighted by Crippen LogP contribution is -2.74. The van der Waals surface area contributed by atoms with E-state index in [0.29, 0.717) is 54.1 Å². The summed E-state index contributed by atoms with van der Waals surface area (Å²) in [4.78, 5) is 12.1. The number of hydrogen-bond acceptors (Lipinski definition) is 2. The van der Waals surface area contributed by atoms with Crippen LogP contribution in [0.1, 0.15) is 43.7 Å². The van der Waals surface area contributed by atoms with Gasteiger partial charge in [-0.25, -0.2) is 0 Å². The fourth-order valence-electron chi connectivity index (χ4n) is 6.80. The highest BCUT2D eigenvalue weighted by Crippen LogP contribution is 2.32. The molecule has 2 nitrogen and oxygen atoms in total. The molecule has 0 saturated heterocycles. The third kappa shape index (κ3) is 11.4. The van der Waals surface area contributed by atoms with Gasteiger partial charge in [0.15, 0.2) is 20.9 Å². The molecule has 0 aromatic heterocycles. The van der Waals surface area contributed by atoms with E-state index in [4.69, 9.17) is 0 Å². The van der Waals surface area contributed by atoms with Crippen molar-refractivity contribution < 1.29 is 61.7 Å². The average Bonchev–Trinajstić information content (AvgIpc) is 3.21. The molecular weight excluding hydrogens is 855 g/mol. The van der Waals surface area contributed by atoms with Crippen molar-refractivity contribution in [3.05, 3.63) is 191 Å². The van der Waals surface area contributed by atoms with Crippen molar-refractivity contribution in [2.45, 2.75) is 31.6 Å². The quantitative estimate of drug-likeness (QED) is 0.0526. The van der Waals surface area contributed by atoms with E-state index in [2.05, 4.69) is 11.2 Å². The third-order valence-electron chi connectivity index (χ3n) is 9.92.